The molecule has 0 radical (unpaired) electrons. The lowest BCUT2D eigenvalue weighted by atomic mass is 10.1. The number of carbonyl (C=O) groups is 1. The Hall–Kier alpha value is -3.35. The first-order valence-electron chi connectivity index (χ1n) is 8.26. The number of carbonyl (C=O) groups excluding carboxylic acids is 1. The van der Waals surface area contributed by atoms with E-state index in [1.165, 1.54) is 11.7 Å². The zero-order valence-corrected chi connectivity index (χ0v) is 14.1. The predicted molar refractivity (Wildman–Crippen MR) is 95.7 cm³/mol. The van der Waals surface area contributed by atoms with Gasteiger partial charge in [0, 0.05) is 12.4 Å². The summed E-state index contributed by atoms with van der Waals surface area (Å²) in [7, 11) is 1.53. The van der Waals surface area contributed by atoms with Crippen molar-refractivity contribution in [1.29, 1.82) is 0 Å². The van der Waals surface area contributed by atoms with Gasteiger partial charge >= 0.3 is 0 Å². The van der Waals surface area contributed by atoms with E-state index in [4.69, 9.17) is 9.47 Å². The van der Waals surface area contributed by atoms with Gasteiger partial charge in [0.1, 0.15) is 12.7 Å². The van der Waals surface area contributed by atoms with Crippen molar-refractivity contribution in [2.24, 2.45) is 7.05 Å². The van der Waals surface area contributed by atoms with Crippen LogP contribution in [0.5, 0.6) is 11.5 Å². The van der Waals surface area contributed by atoms with Crippen molar-refractivity contribution in [2.45, 2.75) is 6.10 Å². The molecule has 7 heteroatoms. The van der Waals surface area contributed by atoms with Crippen LogP contribution >= 0.6 is 0 Å². The summed E-state index contributed by atoms with van der Waals surface area (Å²) in [6.07, 6.45) is -0.298. The van der Waals surface area contributed by atoms with E-state index in [1.54, 1.807) is 24.3 Å². The highest BCUT2D eigenvalue weighted by molar-refractivity contribution is 6.04. The number of hydrogen-bond donors (Lipinski definition) is 1. The minimum Gasteiger partial charge on any atom is -0.486 e. The average molecular weight is 351 g/mol. The molecule has 0 saturated heterocycles. The predicted octanol–water partition coefficient (Wildman–Crippen LogP) is 1.50. The smallest absolute Gasteiger partial charge is 0.274 e. The summed E-state index contributed by atoms with van der Waals surface area (Å²) in [5.41, 5.74) is -0.0300. The van der Waals surface area contributed by atoms with Gasteiger partial charge in [0.15, 0.2) is 17.2 Å². The lowest BCUT2D eigenvalue weighted by molar-refractivity contribution is 0.0786. The highest BCUT2D eigenvalue weighted by Crippen LogP contribution is 2.30. The zero-order valence-electron chi connectivity index (χ0n) is 14.1. The van der Waals surface area contributed by atoms with E-state index >= 15 is 0 Å². The van der Waals surface area contributed by atoms with Gasteiger partial charge in [-0.3, -0.25) is 9.59 Å². The van der Waals surface area contributed by atoms with Crippen LogP contribution in [-0.4, -0.2) is 34.9 Å². The zero-order chi connectivity index (χ0) is 18.1. The number of fused-ring (bicyclic) bond motifs is 2. The summed E-state index contributed by atoms with van der Waals surface area (Å²) in [4.78, 5) is 24.8. The second-order valence-electron chi connectivity index (χ2n) is 6.03. The van der Waals surface area contributed by atoms with Crippen molar-refractivity contribution in [3.63, 3.8) is 0 Å². The van der Waals surface area contributed by atoms with E-state index in [1.807, 2.05) is 24.3 Å². The van der Waals surface area contributed by atoms with Crippen molar-refractivity contribution in [3.8, 4) is 11.5 Å². The van der Waals surface area contributed by atoms with Gasteiger partial charge in [0.05, 0.1) is 11.9 Å². The molecular weight excluding hydrogens is 334 g/mol. The van der Waals surface area contributed by atoms with Crippen molar-refractivity contribution in [1.82, 2.24) is 15.1 Å². The summed E-state index contributed by atoms with van der Waals surface area (Å²) in [6.45, 7) is 0.616. The summed E-state index contributed by atoms with van der Waals surface area (Å²) >= 11 is 0. The van der Waals surface area contributed by atoms with Gasteiger partial charge < -0.3 is 14.8 Å². The standard InChI is InChI=1S/C19H17N3O4/c1-22-19(24)14-7-3-2-6-13(14)17(21-22)18(23)20-10-12-11-25-15-8-4-5-9-16(15)26-12/h2-9,12H,10-11H2,1H3,(H,20,23)/t12-/m0/s1. The molecule has 0 aliphatic carbocycles. The number of amides is 1. The largest absolute Gasteiger partial charge is 0.486 e. The first kappa shape index (κ1) is 16.1. The number of aryl methyl sites for hydroxylation is 1. The molecule has 7 nitrogen and oxygen atoms in total. The Labute approximate surface area is 149 Å². The fourth-order valence-electron chi connectivity index (χ4n) is 2.92. The molecule has 1 aliphatic heterocycles. The van der Waals surface area contributed by atoms with Crippen molar-refractivity contribution in [2.75, 3.05) is 13.2 Å². The maximum Gasteiger partial charge on any atom is 0.274 e. The number of benzene rings is 2. The molecule has 0 spiro atoms. The van der Waals surface area contributed by atoms with Crippen molar-refractivity contribution in [3.05, 3.63) is 64.6 Å². The monoisotopic (exact) mass is 351 g/mol. The number of hydrogen-bond acceptors (Lipinski definition) is 5. The third-order valence-corrected chi connectivity index (χ3v) is 4.23. The Balaban J connectivity index is 1.52. The number of rotatable bonds is 3. The van der Waals surface area contributed by atoms with Gasteiger partial charge in [0.25, 0.3) is 11.5 Å². The van der Waals surface area contributed by atoms with Crippen molar-refractivity contribution >= 4 is 16.7 Å². The average Bonchev–Trinajstić information content (AvgIpc) is 2.68. The van der Waals surface area contributed by atoms with Crippen LogP contribution in [0.1, 0.15) is 10.5 Å². The van der Waals surface area contributed by atoms with Gasteiger partial charge in [-0.1, -0.05) is 30.3 Å². The van der Waals surface area contributed by atoms with E-state index in [0.29, 0.717) is 28.9 Å². The first-order chi connectivity index (χ1) is 12.6. The quantitative estimate of drug-likeness (QED) is 0.773. The third kappa shape index (κ3) is 2.88. The van der Waals surface area contributed by atoms with E-state index in [2.05, 4.69) is 10.4 Å². The van der Waals surface area contributed by atoms with E-state index in [9.17, 15) is 9.59 Å². The SMILES string of the molecule is Cn1nc(C(=O)NC[C@H]2COc3ccccc3O2)c2ccccc2c1=O. The maximum atomic E-state index is 12.6. The first-order valence-corrected chi connectivity index (χ1v) is 8.26. The summed E-state index contributed by atoms with van der Waals surface area (Å²) in [5.74, 6) is 0.990. The van der Waals surface area contributed by atoms with E-state index < -0.39 is 0 Å². The van der Waals surface area contributed by atoms with Crippen LogP contribution in [0.15, 0.2) is 53.3 Å². The Morgan fingerprint density at radius 2 is 1.85 bits per heavy atom. The highest BCUT2D eigenvalue weighted by atomic mass is 16.6. The molecule has 132 valence electrons. The lowest BCUT2D eigenvalue weighted by Crippen LogP contribution is -2.41. The molecule has 0 saturated carbocycles. The molecule has 4 rings (SSSR count). The highest BCUT2D eigenvalue weighted by Gasteiger charge is 2.22. The van der Waals surface area contributed by atoms with Crippen LogP contribution in [0.4, 0.5) is 0 Å². The number of aromatic nitrogens is 2. The molecule has 1 aliphatic rings. The maximum absolute atomic E-state index is 12.6. The molecule has 1 atom stereocenters. The van der Waals surface area contributed by atoms with Gasteiger partial charge in [-0.05, 0) is 18.2 Å². The Morgan fingerprint density at radius 1 is 1.15 bits per heavy atom. The summed E-state index contributed by atoms with van der Waals surface area (Å²) < 4.78 is 12.6. The molecule has 0 fully saturated rings. The minimum atomic E-state index is -0.362. The number of para-hydroxylation sites is 2. The van der Waals surface area contributed by atoms with Crippen LogP contribution in [0.2, 0.25) is 0 Å². The van der Waals surface area contributed by atoms with E-state index in [-0.39, 0.29) is 29.8 Å². The second kappa shape index (κ2) is 6.51. The third-order valence-electron chi connectivity index (χ3n) is 4.23. The Bertz CT molecular complexity index is 1040. The molecule has 1 aromatic heterocycles. The number of ether oxygens (including phenoxy) is 2. The number of nitrogens with one attached hydrogen (secondary N) is 1. The van der Waals surface area contributed by atoms with Crippen molar-refractivity contribution < 1.29 is 14.3 Å². The van der Waals surface area contributed by atoms with Gasteiger partial charge in [-0.15, -0.1) is 0 Å². The van der Waals surface area contributed by atoms with Gasteiger partial charge in [0.2, 0.25) is 0 Å². The van der Waals surface area contributed by atoms with E-state index in [0.717, 1.165) is 0 Å². The molecule has 1 N–H and O–H groups in total. The fourth-order valence-corrected chi connectivity index (χ4v) is 2.92. The van der Waals surface area contributed by atoms with Gasteiger partial charge in [-0.2, -0.15) is 5.10 Å². The molecule has 2 heterocycles. The topological polar surface area (TPSA) is 82.5 Å². The fraction of sp³-hybridized carbons (Fsp3) is 0.211. The molecule has 26 heavy (non-hydrogen) atoms. The van der Waals surface area contributed by atoms with Crippen LogP contribution in [0, 0.1) is 0 Å². The van der Waals surface area contributed by atoms with Crippen LogP contribution in [-0.2, 0) is 7.05 Å². The number of nitrogens with zero attached hydrogens (tertiary/aromatic N) is 2. The van der Waals surface area contributed by atoms with Crippen LogP contribution in [0.25, 0.3) is 10.8 Å². The second-order valence-corrected chi connectivity index (χ2v) is 6.03. The Kier molecular flexibility index (Phi) is 4.04. The molecule has 3 aromatic rings. The van der Waals surface area contributed by atoms with Gasteiger partial charge in [-0.25, -0.2) is 4.68 Å². The molecule has 0 unspecified atom stereocenters. The van der Waals surface area contributed by atoms with Crippen LogP contribution in [0.3, 0.4) is 0 Å². The Morgan fingerprint density at radius 3 is 2.65 bits per heavy atom. The molecule has 0 bridgehead atoms. The minimum absolute atomic E-state index is 0.208. The molecular formula is C19H17N3O4. The lowest BCUT2D eigenvalue weighted by Gasteiger charge is -2.26. The summed E-state index contributed by atoms with van der Waals surface area (Å²) in [5, 5.41) is 7.92. The van der Waals surface area contributed by atoms with Crippen LogP contribution < -0.4 is 20.3 Å². The molecule has 2 aromatic carbocycles. The normalized spacial score (nSPS) is 15.7. The molecule has 1 amide bonds. The summed E-state index contributed by atoms with van der Waals surface area (Å²) in [6, 6.07) is 14.3.